The Kier molecular flexibility index (Phi) is 6.23. The fraction of sp³-hybridized carbons (Fsp3) is 0.0370. The molecule has 2 amide bonds. The van der Waals surface area contributed by atoms with Crippen LogP contribution in [-0.4, -0.2) is 55.8 Å². The van der Waals surface area contributed by atoms with Crippen LogP contribution in [0.15, 0.2) is 83.5 Å². The molecule has 0 aliphatic carbocycles. The van der Waals surface area contributed by atoms with E-state index >= 15 is 0 Å². The fourth-order valence-corrected chi connectivity index (χ4v) is 3.98. The first-order chi connectivity index (χ1) is 19.1. The van der Waals surface area contributed by atoms with Crippen LogP contribution >= 0.6 is 0 Å². The van der Waals surface area contributed by atoms with Crippen molar-refractivity contribution in [3.8, 4) is 5.75 Å². The summed E-state index contributed by atoms with van der Waals surface area (Å²) in [6, 6.07) is 18.1. The summed E-state index contributed by atoms with van der Waals surface area (Å²) >= 11 is 0. The van der Waals surface area contributed by atoms with E-state index in [0.29, 0.717) is 11.4 Å². The van der Waals surface area contributed by atoms with Crippen molar-refractivity contribution in [3.05, 3.63) is 90.1 Å². The molecule has 6 rings (SSSR count). The van der Waals surface area contributed by atoms with Gasteiger partial charge in [-0.15, -0.1) is 0 Å². The molecule has 12 heteroatoms. The quantitative estimate of drug-likeness (QED) is 0.154. The molecular formula is C27H21N9O3. The number of aromatic amines is 3. The predicted octanol–water partition coefficient (Wildman–Crippen LogP) is 3.21. The summed E-state index contributed by atoms with van der Waals surface area (Å²) in [7, 11) is 0. The maximum Gasteiger partial charge on any atom is 0.287 e. The van der Waals surface area contributed by atoms with E-state index < -0.39 is 11.8 Å². The van der Waals surface area contributed by atoms with Crippen molar-refractivity contribution in [2.75, 3.05) is 6.61 Å². The van der Waals surface area contributed by atoms with Gasteiger partial charge in [0.25, 0.3) is 11.8 Å². The molecule has 0 aliphatic heterocycles. The Morgan fingerprint density at radius 1 is 0.795 bits per heavy atom. The number of hydrogen-bond donors (Lipinski definition) is 5. The van der Waals surface area contributed by atoms with Crippen LogP contribution in [0.2, 0.25) is 0 Å². The van der Waals surface area contributed by atoms with Gasteiger partial charge < -0.3 is 19.7 Å². The Hall–Kier alpha value is -5.78. The van der Waals surface area contributed by atoms with Crippen LogP contribution in [0.3, 0.4) is 0 Å². The number of fused-ring (bicyclic) bond motifs is 3. The number of nitrogens with one attached hydrogen (secondary N) is 5. The second-order valence-corrected chi connectivity index (χ2v) is 8.57. The van der Waals surface area contributed by atoms with Crippen molar-refractivity contribution >= 4 is 57.2 Å². The Morgan fingerprint density at radius 3 is 2.15 bits per heavy atom. The Morgan fingerprint density at radius 2 is 1.46 bits per heavy atom. The van der Waals surface area contributed by atoms with Gasteiger partial charge in [-0.25, -0.2) is 20.8 Å². The summed E-state index contributed by atoms with van der Waals surface area (Å²) in [5, 5.41) is 8.75. The van der Waals surface area contributed by atoms with Crippen molar-refractivity contribution in [1.29, 1.82) is 0 Å². The van der Waals surface area contributed by atoms with Crippen LogP contribution in [0.25, 0.3) is 33.0 Å². The molecule has 0 radical (unpaired) electrons. The van der Waals surface area contributed by atoms with Crippen molar-refractivity contribution < 1.29 is 14.3 Å². The number of nitrogens with zero attached hydrogens (tertiary/aromatic N) is 4. The smallest absolute Gasteiger partial charge is 0.287 e. The minimum absolute atomic E-state index is 0.223. The van der Waals surface area contributed by atoms with Gasteiger partial charge in [-0.2, -0.15) is 10.2 Å². The van der Waals surface area contributed by atoms with E-state index in [0.717, 1.165) is 44.1 Å². The lowest BCUT2D eigenvalue weighted by molar-refractivity contribution is -0.123. The molecule has 0 aliphatic rings. The summed E-state index contributed by atoms with van der Waals surface area (Å²) in [4.78, 5) is 42.1. The van der Waals surface area contributed by atoms with Crippen LogP contribution in [0.1, 0.15) is 21.6 Å². The SMILES string of the molecule is O=C(COc1ccc2[nH]c(C(=O)N/N=C/c3ccc4nc[nH]c4c3)cc2c1)N/N=C/c1ccc2nc[nH]c2c1. The Balaban J connectivity index is 1.02. The molecule has 0 spiro atoms. The second-order valence-electron chi connectivity index (χ2n) is 8.57. The minimum Gasteiger partial charge on any atom is -0.484 e. The second kappa shape index (κ2) is 10.3. The van der Waals surface area contributed by atoms with E-state index in [1.165, 1.54) is 0 Å². The summed E-state index contributed by atoms with van der Waals surface area (Å²) in [6.45, 7) is -0.223. The van der Waals surface area contributed by atoms with Gasteiger partial charge in [0.15, 0.2) is 6.61 Å². The van der Waals surface area contributed by atoms with Crippen LogP contribution < -0.4 is 15.6 Å². The third-order valence-corrected chi connectivity index (χ3v) is 5.88. The molecule has 192 valence electrons. The largest absolute Gasteiger partial charge is 0.484 e. The lowest BCUT2D eigenvalue weighted by Gasteiger charge is -2.05. The van der Waals surface area contributed by atoms with Crippen LogP contribution in [0, 0.1) is 0 Å². The number of aromatic nitrogens is 5. The van der Waals surface area contributed by atoms with E-state index in [-0.39, 0.29) is 6.61 Å². The maximum atomic E-state index is 12.6. The van der Waals surface area contributed by atoms with Gasteiger partial charge in [0.05, 0.1) is 47.2 Å². The molecule has 0 saturated heterocycles. The number of rotatable bonds is 8. The molecule has 3 aromatic carbocycles. The van der Waals surface area contributed by atoms with Crippen molar-refractivity contribution in [1.82, 2.24) is 35.8 Å². The molecule has 0 atom stereocenters. The highest BCUT2D eigenvalue weighted by molar-refractivity contribution is 5.99. The average Bonchev–Trinajstić information content (AvgIpc) is 3.70. The molecule has 39 heavy (non-hydrogen) atoms. The summed E-state index contributed by atoms with van der Waals surface area (Å²) in [5.74, 6) is -0.325. The molecule has 3 heterocycles. The number of hydrazone groups is 2. The molecule has 0 bridgehead atoms. The third-order valence-electron chi connectivity index (χ3n) is 5.88. The number of amides is 2. The molecular weight excluding hydrogens is 498 g/mol. The number of imidazole rings is 2. The first-order valence-electron chi connectivity index (χ1n) is 11.9. The van der Waals surface area contributed by atoms with Gasteiger partial charge in [0, 0.05) is 10.9 Å². The molecule has 0 fully saturated rings. The highest BCUT2D eigenvalue weighted by atomic mass is 16.5. The first-order valence-corrected chi connectivity index (χ1v) is 11.9. The number of H-pyrrole nitrogens is 3. The third kappa shape index (κ3) is 5.34. The zero-order valence-electron chi connectivity index (χ0n) is 20.3. The highest BCUT2D eigenvalue weighted by Crippen LogP contribution is 2.22. The topological polar surface area (TPSA) is 165 Å². The standard InChI is InChI=1S/C27H21N9O3/c37-26(35-32-11-16-1-4-21-23(7-16)30-14-28-21)13-39-19-3-6-20-18(9-19)10-25(34-20)27(38)36-33-12-17-2-5-22-24(8-17)31-15-29-22/h1-12,14-15,34H,13H2,(H,28,30)(H,29,31)(H,35,37)(H,36,38)/b32-11+,33-12+. The van der Waals surface area contributed by atoms with Crippen molar-refractivity contribution in [2.45, 2.75) is 0 Å². The molecule has 0 saturated carbocycles. The molecule has 5 N–H and O–H groups in total. The number of carbonyl (C=O) groups is 2. The van der Waals surface area contributed by atoms with E-state index in [2.05, 4.69) is 46.0 Å². The molecule has 12 nitrogen and oxygen atoms in total. The molecule has 3 aromatic heterocycles. The van der Waals surface area contributed by atoms with Gasteiger partial charge >= 0.3 is 0 Å². The molecule has 0 unspecified atom stereocenters. The highest BCUT2D eigenvalue weighted by Gasteiger charge is 2.10. The maximum absolute atomic E-state index is 12.6. The van der Waals surface area contributed by atoms with Crippen LogP contribution in [0.4, 0.5) is 0 Å². The van der Waals surface area contributed by atoms with E-state index in [1.54, 1.807) is 49.3 Å². The zero-order chi connectivity index (χ0) is 26.6. The first kappa shape index (κ1) is 23.6. The average molecular weight is 520 g/mol. The lowest BCUT2D eigenvalue weighted by Crippen LogP contribution is -2.24. The number of hydrogen-bond acceptors (Lipinski definition) is 7. The van der Waals surface area contributed by atoms with Gasteiger partial charge in [0.1, 0.15) is 11.4 Å². The van der Waals surface area contributed by atoms with Gasteiger partial charge in [-0.3, -0.25) is 9.59 Å². The Bertz CT molecular complexity index is 1880. The van der Waals surface area contributed by atoms with E-state index in [9.17, 15) is 9.59 Å². The van der Waals surface area contributed by atoms with Crippen LogP contribution in [-0.2, 0) is 4.79 Å². The van der Waals surface area contributed by atoms with Crippen LogP contribution in [0.5, 0.6) is 5.75 Å². The van der Waals surface area contributed by atoms with Gasteiger partial charge in [-0.1, -0.05) is 12.1 Å². The zero-order valence-corrected chi connectivity index (χ0v) is 20.3. The molecule has 6 aromatic rings. The number of ether oxygens (including phenoxy) is 1. The minimum atomic E-state index is -0.410. The summed E-state index contributed by atoms with van der Waals surface area (Å²) in [6.07, 6.45) is 6.33. The lowest BCUT2D eigenvalue weighted by atomic mass is 10.2. The summed E-state index contributed by atoms with van der Waals surface area (Å²) in [5.41, 5.74) is 11.1. The van der Waals surface area contributed by atoms with Gasteiger partial charge in [-0.05, 0) is 59.7 Å². The van der Waals surface area contributed by atoms with E-state index in [1.807, 2.05) is 36.4 Å². The van der Waals surface area contributed by atoms with Crippen molar-refractivity contribution in [3.63, 3.8) is 0 Å². The van der Waals surface area contributed by atoms with E-state index in [4.69, 9.17) is 4.74 Å². The Labute approximate surface area is 220 Å². The number of benzene rings is 3. The predicted molar refractivity (Wildman–Crippen MR) is 147 cm³/mol. The summed E-state index contributed by atoms with van der Waals surface area (Å²) < 4.78 is 5.59. The van der Waals surface area contributed by atoms with Crippen molar-refractivity contribution in [2.24, 2.45) is 10.2 Å². The number of carbonyl (C=O) groups excluding carboxylic acids is 2. The fourth-order valence-electron chi connectivity index (χ4n) is 3.98. The monoisotopic (exact) mass is 519 g/mol. The normalized spacial score (nSPS) is 11.7. The van der Waals surface area contributed by atoms with Gasteiger partial charge in [0.2, 0.25) is 0 Å².